The lowest BCUT2D eigenvalue weighted by atomic mass is 10.1. The number of rotatable bonds is 10. The Hall–Kier alpha value is -2.59. The summed E-state index contributed by atoms with van der Waals surface area (Å²) in [4.78, 5) is 27.3. The second-order valence-corrected chi connectivity index (χ2v) is 9.99. The maximum Gasteiger partial charge on any atom is 0.244 e. The number of benzene rings is 2. The molecular formula is C22H28BrN3O5S. The molecule has 174 valence electrons. The van der Waals surface area contributed by atoms with Crippen molar-refractivity contribution in [1.82, 2.24) is 10.2 Å². The zero-order valence-corrected chi connectivity index (χ0v) is 20.9. The van der Waals surface area contributed by atoms with Gasteiger partial charge < -0.3 is 15.0 Å². The number of methoxy groups -OCH3 is 1. The first-order valence-electron chi connectivity index (χ1n) is 10.0. The second kappa shape index (κ2) is 11.3. The van der Waals surface area contributed by atoms with Gasteiger partial charge >= 0.3 is 0 Å². The van der Waals surface area contributed by atoms with Gasteiger partial charge in [-0.1, -0.05) is 40.2 Å². The molecule has 2 aromatic rings. The van der Waals surface area contributed by atoms with Crippen LogP contribution in [0, 0.1) is 0 Å². The van der Waals surface area contributed by atoms with E-state index in [-0.39, 0.29) is 18.1 Å². The van der Waals surface area contributed by atoms with Crippen LogP contribution in [0.1, 0.15) is 19.4 Å². The second-order valence-electron chi connectivity index (χ2n) is 7.16. The number of anilines is 1. The van der Waals surface area contributed by atoms with E-state index < -0.39 is 28.5 Å². The Kier molecular flexibility index (Phi) is 9.09. The lowest BCUT2D eigenvalue weighted by molar-refractivity contribution is -0.139. The Bertz CT molecular complexity index is 1060. The molecule has 0 aliphatic carbocycles. The molecule has 0 fully saturated rings. The van der Waals surface area contributed by atoms with Crippen molar-refractivity contribution in [1.29, 1.82) is 0 Å². The number of halogens is 1. The Labute approximate surface area is 197 Å². The molecule has 10 heteroatoms. The minimum absolute atomic E-state index is 0.139. The third-order valence-electron chi connectivity index (χ3n) is 4.79. The predicted octanol–water partition coefficient (Wildman–Crippen LogP) is 2.78. The zero-order chi connectivity index (χ0) is 23.9. The lowest BCUT2D eigenvalue weighted by Gasteiger charge is -2.31. The van der Waals surface area contributed by atoms with E-state index in [4.69, 9.17) is 4.74 Å². The van der Waals surface area contributed by atoms with Gasteiger partial charge in [0.15, 0.2) is 0 Å². The van der Waals surface area contributed by atoms with Crippen molar-refractivity contribution < 1.29 is 22.7 Å². The van der Waals surface area contributed by atoms with Crippen LogP contribution in [0.4, 0.5) is 5.69 Å². The Morgan fingerprint density at radius 2 is 1.84 bits per heavy atom. The van der Waals surface area contributed by atoms with Crippen LogP contribution in [0.15, 0.2) is 53.0 Å². The molecule has 0 spiro atoms. The number of hydrogen-bond donors (Lipinski definition) is 1. The number of nitrogens with one attached hydrogen (secondary N) is 1. The molecule has 0 aliphatic heterocycles. The molecule has 1 unspecified atom stereocenters. The number of sulfonamides is 1. The van der Waals surface area contributed by atoms with E-state index in [0.29, 0.717) is 12.3 Å². The molecule has 0 bridgehead atoms. The SMILES string of the molecule is CCNC(=O)C(C)N(Cc1cccc(Br)c1)C(=O)CN(c1ccccc1OC)S(C)(=O)=O. The highest BCUT2D eigenvalue weighted by atomic mass is 79.9. The number of para-hydroxylation sites is 2. The molecule has 0 radical (unpaired) electrons. The largest absolute Gasteiger partial charge is 0.495 e. The number of ether oxygens (including phenoxy) is 1. The molecule has 1 N–H and O–H groups in total. The number of likely N-dealkylation sites (N-methyl/N-ethyl adjacent to an activating group) is 1. The molecule has 0 aromatic heterocycles. The quantitative estimate of drug-likeness (QED) is 0.514. The van der Waals surface area contributed by atoms with E-state index >= 15 is 0 Å². The summed E-state index contributed by atoms with van der Waals surface area (Å²) in [5.74, 6) is -0.514. The van der Waals surface area contributed by atoms with Gasteiger partial charge in [0.1, 0.15) is 18.3 Å². The third-order valence-corrected chi connectivity index (χ3v) is 6.41. The minimum atomic E-state index is -3.82. The molecule has 0 saturated carbocycles. The van der Waals surface area contributed by atoms with Crippen LogP contribution in [0.3, 0.4) is 0 Å². The van der Waals surface area contributed by atoms with Crippen LogP contribution in [0.5, 0.6) is 5.75 Å². The molecule has 8 nitrogen and oxygen atoms in total. The first kappa shape index (κ1) is 25.7. The van der Waals surface area contributed by atoms with Gasteiger partial charge in [0.2, 0.25) is 21.8 Å². The summed E-state index contributed by atoms with van der Waals surface area (Å²) in [6, 6.07) is 13.1. The minimum Gasteiger partial charge on any atom is -0.495 e. The van der Waals surface area contributed by atoms with E-state index in [2.05, 4.69) is 21.2 Å². The lowest BCUT2D eigenvalue weighted by Crippen LogP contribution is -2.51. The highest BCUT2D eigenvalue weighted by molar-refractivity contribution is 9.10. The number of nitrogens with zero attached hydrogens (tertiary/aromatic N) is 2. The number of amides is 2. The molecule has 0 saturated heterocycles. The van der Waals surface area contributed by atoms with Gasteiger partial charge in [-0.2, -0.15) is 0 Å². The van der Waals surface area contributed by atoms with Crippen molar-refractivity contribution in [2.24, 2.45) is 0 Å². The summed E-state index contributed by atoms with van der Waals surface area (Å²) in [7, 11) is -2.39. The number of carbonyl (C=O) groups excluding carboxylic acids is 2. The van der Waals surface area contributed by atoms with E-state index in [1.807, 2.05) is 24.3 Å². The fourth-order valence-corrected chi connectivity index (χ4v) is 4.47. The normalized spacial score (nSPS) is 12.0. The number of hydrogen-bond acceptors (Lipinski definition) is 5. The molecule has 2 amide bonds. The summed E-state index contributed by atoms with van der Waals surface area (Å²) in [5, 5.41) is 2.72. The summed E-state index contributed by atoms with van der Waals surface area (Å²) < 4.78 is 32.3. The standard InChI is InChI=1S/C22H28BrN3O5S/c1-5-24-22(28)16(2)25(14-17-9-8-10-18(23)13-17)21(27)15-26(32(4,29)30)19-11-6-7-12-20(19)31-3/h6-13,16H,5,14-15H2,1-4H3,(H,24,28). The fourth-order valence-electron chi connectivity index (χ4n) is 3.17. The molecule has 0 aliphatic rings. The molecule has 1 atom stereocenters. The predicted molar refractivity (Wildman–Crippen MR) is 128 cm³/mol. The first-order chi connectivity index (χ1) is 15.1. The van der Waals surface area contributed by atoms with Gasteiger partial charge in [-0.05, 0) is 43.7 Å². The zero-order valence-electron chi connectivity index (χ0n) is 18.5. The van der Waals surface area contributed by atoms with Crippen LogP contribution < -0.4 is 14.4 Å². The van der Waals surface area contributed by atoms with Gasteiger partial charge in [0, 0.05) is 17.6 Å². The third kappa shape index (κ3) is 6.70. The smallest absolute Gasteiger partial charge is 0.244 e. The Morgan fingerprint density at radius 1 is 1.16 bits per heavy atom. The average molecular weight is 526 g/mol. The summed E-state index contributed by atoms with van der Waals surface area (Å²) in [6.45, 7) is 3.49. The number of carbonyl (C=O) groups is 2. The monoisotopic (exact) mass is 525 g/mol. The summed E-state index contributed by atoms with van der Waals surface area (Å²) in [5.41, 5.74) is 1.05. The molecule has 32 heavy (non-hydrogen) atoms. The Morgan fingerprint density at radius 3 is 2.44 bits per heavy atom. The van der Waals surface area contributed by atoms with Crippen LogP contribution >= 0.6 is 15.9 Å². The van der Waals surface area contributed by atoms with Crippen molar-refractivity contribution in [3.05, 3.63) is 58.6 Å². The molecular weight excluding hydrogens is 498 g/mol. The van der Waals surface area contributed by atoms with Gasteiger partial charge in [0.25, 0.3) is 0 Å². The van der Waals surface area contributed by atoms with Gasteiger partial charge in [-0.3, -0.25) is 13.9 Å². The fraction of sp³-hybridized carbons (Fsp3) is 0.364. The highest BCUT2D eigenvalue weighted by Crippen LogP contribution is 2.29. The van der Waals surface area contributed by atoms with Gasteiger partial charge in [0.05, 0.1) is 19.1 Å². The molecule has 2 aromatic carbocycles. The van der Waals surface area contributed by atoms with Gasteiger partial charge in [-0.25, -0.2) is 8.42 Å². The van der Waals surface area contributed by atoms with Crippen LogP contribution in [-0.2, 0) is 26.2 Å². The van der Waals surface area contributed by atoms with Crippen molar-refractivity contribution in [3.8, 4) is 5.75 Å². The molecule has 2 rings (SSSR count). The van der Waals surface area contributed by atoms with E-state index in [9.17, 15) is 18.0 Å². The average Bonchev–Trinajstić information content (AvgIpc) is 2.74. The Balaban J connectivity index is 2.42. The van der Waals surface area contributed by atoms with Gasteiger partial charge in [-0.15, -0.1) is 0 Å². The summed E-state index contributed by atoms with van der Waals surface area (Å²) in [6.07, 6.45) is 1.03. The highest BCUT2D eigenvalue weighted by Gasteiger charge is 2.30. The first-order valence-corrected chi connectivity index (χ1v) is 12.6. The van der Waals surface area contributed by atoms with Crippen LogP contribution in [0.2, 0.25) is 0 Å². The van der Waals surface area contributed by atoms with Crippen molar-refractivity contribution in [2.45, 2.75) is 26.4 Å². The van der Waals surface area contributed by atoms with Crippen molar-refractivity contribution >= 4 is 43.5 Å². The van der Waals surface area contributed by atoms with Crippen molar-refractivity contribution in [2.75, 3.05) is 30.8 Å². The van der Waals surface area contributed by atoms with E-state index in [1.165, 1.54) is 12.0 Å². The summed E-state index contributed by atoms with van der Waals surface area (Å²) >= 11 is 3.41. The topological polar surface area (TPSA) is 96.0 Å². The maximum atomic E-state index is 13.4. The maximum absolute atomic E-state index is 13.4. The van der Waals surface area contributed by atoms with E-state index in [0.717, 1.165) is 20.6 Å². The van der Waals surface area contributed by atoms with Crippen molar-refractivity contribution in [3.63, 3.8) is 0 Å². The van der Waals surface area contributed by atoms with E-state index in [1.54, 1.807) is 38.1 Å². The van der Waals surface area contributed by atoms with Crippen LogP contribution in [0.25, 0.3) is 0 Å². The van der Waals surface area contributed by atoms with Crippen LogP contribution in [-0.4, -0.2) is 57.6 Å². The molecule has 0 heterocycles.